The maximum Gasteiger partial charge on any atom is 0.136 e. The van der Waals surface area contributed by atoms with E-state index >= 15 is 0 Å². The third-order valence-corrected chi connectivity index (χ3v) is 3.53. The summed E-state index contributed by atoms with van der Waals surface area (Å²) in [6, 6.07) is 7.44. The van der Waals surface area contributed by atoms with Crippen molar-refractivity contribution in [1.29, 1.82) is 0 Å². The van der Waals surface area contributed by atoms with Crippen molar-refractivity contribution in [2.24, 2.45) is 0 Å². The number of aromatic nitrogens is 1. The molecule has 4 nitrogen and oxygen atoms in total. The quantitative estimate of drug-likeness (QED) is 0.827. The molecule has 1 fully saturated rings. The molecule has 1 aromatic heterocycles. The molecule has 1 saturated heterocycles. The van der Waals surface area contributed by atoms with E-state index in [2.05, 4.69) is 21.8 Å². The zero-order chi connectivity index (χ0) is 12.5. The number of benzene rings is 1. The Morgan fingerprint density at radius 3 is 2.67 bits per heavy atom. The van der Waals surface area contributed by atoms with Crippen LogP contribution in [-0.4, -0.2) is 48.2 Å². The summed E-state index contributed by atoms with van der Waals surface area (Å²) in [5.74, 6) is 1.28. The van der Waals surface area contributed by atoms with Crippen LogP contribution < -0.4 is 4.90 Å². The van der Waals surface area contributed by atoms with Gasteiger partial charge >= 0.3 is 0 Å². The first kappa shape index (κ1) is 11.3. The maximum absolute atomic E-state index is 9.64. The molecule has 1 aliphatic heterocycles. The first-order valence-corrected chi connectivity index (χ1v) is 6.25. The first-order valence-electron chi connectivity index (χ1n) is 6.25. The molecular formula is C14H17N3O. The molecule has 94 valence electrons. The first-order chi connectivity index (χ1) is 8.74. The van der Waals surface area contributed by atoms with Gasteiger partial charge in [-0.15, -0.1) is 0 Å². The van der Waals surface area contributed by atoms with E-state index in [0.29, 0.717) is 5.75 Å². The minimum atomic E-state index is 0.297. The highest BCUT2D eigenvalue weighted by Gasteiger charge is 2.17. The number of hydrogen-bond acceptors (Lipinski definition) is 4. The van der Waals surface area contributed by atoms with Crippen LogP contribution in [0, 0.1) is 0 Å². The van der Waals surface area contributed by atoms with E-state index < -0.39 is 0 Å². The van der Waals surface area contributed by atoms with Gasteiger partial charge in [0.05, 0.1) is 0 Å². The molecule has 0 amide bonds. The van der Waals surface area contributed by atoms with E-state index in [-0.39, 0.29) is 0 Å². The summed E-state index contributed by atoms with van der Waals surface area (Å²) >= 11 is 0. The number of phenolic OH excluding ortho intramolecular Hbond substituents is 1. The molecule has 2 heterocycles. The average molecular weight is 243 g/mol. The molecule has 0 bridgehead atoms. The summed E-state index contributed by atoms with van der Waals surface area (Å²) in [6.45, 7) is 4.07. The molecule has 0 radical (unpaired) electrons. The second-order valence-corrected chi connectivity index (χ2v) is 4.83. The monoisotopic (exact) mass is 243 g/mol. The number of fused-ring (bicyclic) bond motifs is 1. The van der Waals surface area contributed by atoms with Crippen molar-refractivity contribution in [3.05, 3.63) is 30.5 Å². The van der Waals surface area contributed by atoms with Crippen molar-refractivity contribution in [2.75, 3.05) is 38.1 Å². The number of aromatic hydroxyl groups is 1. The van der Waals surface area contributed by atoms with Crippen LogP contribution in [0.5, 0.6) is 5.75 Å². The van der Waals surface area contributed by atoms with Crippen LogP contribution in [0.1, 0.15) is 0 Å². The average Bonchev–Trinajstić information content (AvgIpc) is 2.39. The van der Waals surface area contributed by atoms with Crippen LogP contribution in [0.3, 0.4) is 0 Å². The molecule has 0 aliphatic carbocycles. The second-order valence-electron chi connectivity index (χ2n) is 4.83. The smallest absolute Gasteiger partial charge is 0.136 e. The molecule has 0 spiro atoms. The summed E-state index contributed by atoms with van der Waals surface area (Å²) < 4.78 is 0. The van der Waals surface area contributed by atoms with Gasteiger partial charge in [0, 0.05) is 37.8 Å². The number of nitrogens with zero attached hydrogens (tertiary/aromatic N) is 3. The normalized spacial score (nSPS) is 17.3. The second kappa shape index (κ2) is 4.46. The molecule has 0 saturated carbocycles. The zero-order valence-electron chi connectivity index (χ0n) is 10.5. The minimum Gasteiger partial charge on any atom is -0.508 e. The Kier molecular flexibility index (Phi) is 2.80. The molecule has 3 rings (SSSR count). The van der Waals surface area contributed by atoms with E-state index in [4.69, 9.17) is 0 Å². The molecule has 0 atom stereocenters. The lowest BCUT2D eigenvalue weighted by molar-refractivity contribution is 0.312. The van der Waals surface area contributed by atoms with Gasteiger partial charge in [0.15, 0.2) is 0 Å². The highest BCUT2D eigenvalue weighted by molar-refractivity contribution is 5.93. The highest BCUT2D eigenvalue weighted by Crippen LogP contribution is 2.28. The Morgan fingerprint density at radius 1 is 1.11 bits per heavy atom. The summed E-state index contributed by atoms with van der Waals surface area (Å²) in [5.41, 5.74) is 0. The number of hydrogen-bond donors (Lipinski definition) is 1. The number of phenols is 1. The van der Waals surface area contributed by atoms with E-state index in [1.54, 1.807) is 12.1 Å². The predicted molar refractivity (Wildman–Crippen MR) is 73.1 cm³/mol. The summed E-state index contributed by atoms with van der Waals surface area (Å²) in [5, 5.41) is 11.8. The van der Waals surface area contributed by atoms with E-state index in [9.17, 15) is 5.11 Å². The van der Waals surface area contributed by atoms with Crippen molar-refractivity contribution >= 4 is 16.6 Å². The minimum absolute atomic E-state index is 0.297. The highest BCUT2D eigenvalue weighted by atomic mass is 16.3. The largest absolute Gasteiger partial charge is 0.508 e. The van der Waals surface area contributed by atoms with Gasteiger partial charge in [-0.25, -0.2) is 4.98 Å². The third-order valence-electron chi connectivity index (χ3n) is 3.53. The summed E-state index contributed by atoms with van der Waals surface area (Å²) in [4.78, 5) is 9.10. The number of anilines is 1. The standard InChI is InChI=1S/C14H17N3O/c1-16-6-8-17(9-7-16)14-13-10-12(18)3-2-11(13)4-5-15-14/h2-5,10,18H,6-9H2,1H3. The molecule has 0 unspecified atom stereocenters. The Balaban J connectivity index is 2.03. The maximum atomic E-state index is 9.64. The SMILES string of the molecule is CN1CCN(c2nccc3ccc(O)cc23)CC1. The zero-order valence-corrected chi connectivity index (χ0v) is 10.5. The van der Waals surface area contributed by atoms with Crippen LogP contribution in [0.4, 0.5) is 5.82 Å². The summed E-state index contributed by atoms with van der Waals surface area (Å²) in [6.07, 6.45) is 1.84. The van der Waals surface area contributed by atoms with Crippen molar-refractivity contribution in [3.63, 3.8) is 0 Å². The topological polar surface area (TPSA) is 39.6 Å². The molecule has 18 heavy (non-hydrogen) atoms. The van der Waals surface area contributed by atoms with Crippen LogP contribution in [0.15, 0.2) is 30.5 Å². The lowest BCUT2D eigenvalue weighted by atomic mass is 10.1. The fourth-order valence-electron chi connectivity index (χ4n) is 2.41. The molecule has 1 aromatic carbocycles. The van der Waals surface area contributed by atoms with Gasteiger partial charge in [0.1, 0.15) is 11.6 Å². The van der Waals surface area contributed by atoms with Crippen molar-refractivity contribution in [1.82, 2.24) is 9.88 Å². The van der Waals surface area contributed by atoms with E-state index in [1.807, 2.05) is 18.3 Å². The van der Waals surface area contributed by atoms with Crippen LogP contribution in [-0.2, 0) is 0 Å². The van der Waals surface area contributed by atoms with Gasteiger partial charge in [0.2, 0.25) is 0 Å². The van der Waals surface area contributed by atoms with Gasteiger partial charge in [0.25, 0.3) is 0 Å². The number of pyridine rings is 1. The van der Waals surface area contributed by atoms with Crippen molar-refractivity contribution in [2.45, 2.75) is 0 Å². The Morgan fingerprint density at radius 2 is 1.89 bits per heavy atom. The van der Waals surface area contributed by atoms with Gasteiger partial charge in [-0.05, 0) is 30.6 Å². The van der Waals surface area contributed by atoms with Gasteiger partial charge in [-0.2, -0.15) is 0 Å². The van der Waals surface area contributed by atoms with Gasteiger partial charge in [-0.1, -0.05) is 6.07 Å². The fraction of sp³-hybridized carbons (Fsp3) is 0.357. The van der Waals surface area contributed by atoms with E-state index in [0.717, 1.165) is 42.8 Å². The lowest BCUT2D eigenvalue weighted by Crippen LogP contribution is -2.44. The molecular weight excluding hydrogens is 226 g/mol. The number of piperazine rings is 1. The molecule has 1 N–H and O–H groups in total. The van der Waals surface area contributed by atoms with E-state index in [1.165, 1.54) is 0 Å². The van der Waals surface area contributed by atoms with Gasteiger partial charge in [-0.3, -0.25) is 0 Å². The van der Waals surface area contributed by atoms with Crippen LogP contribution in [0.2, 0.25) is 0 Å². The van der Waals surface area contributed by atoms with Gasteiger partial charge < -0.3 is 14.9 Å². The molecule has 1 aliphatic rings. The molecule has 4 heteroatoms. The predicted octanol–water partition coefficient (Wildman–Crippen LogP) is 1.69. The van der Waals surface area contributed by atoms with Crippen molar-refractivity contribution in [3.8, 4) is 5.75 Å². The van der Waals surface area contributed by atoms with Crippen LogP contribution >= 0.6 is 0 Å². The fourth-order valence-corrected chi connectivity index (χ4v) is 2.41. The number of rotatable bonds is 1. The Labute approximate surface area is 106 Å². The Hall–Kier alpha value is -1.81. The lowest BCUT2D eigenvalue weighted by Gasteiger charge is -2.33. The number of likely N-dealkylation sites (N-methyl/N-ethyl adjacent to an activating group) is 1. The summed E-state index contributed by atoms with van der Waals surface area (Å²) in [7, 11) is 2.14. The van der Waals surface area contributed by atoms with Crippen LogP contribution in [0.25, 0.3) is 10.8 Å². The molecule has 2 aromatic rings. The third kappa shape index (κ3) is 1.99. The van der Waals surface area contributed by atoms with Crippen molar-refractivity contribution < 1.29 is 5.11 Å². The Bertz CT molecular complexity index is 562.